The van der Waals surface area contributed by atoms with Crippen LogP contribution in [0, 0.1) is 5.92 Å². The quantitative estimate of drug-likeness (QED) is 0.609. The fraction of sp³-hybridized carbons (Fsp3) is 1.00. The summed E-state index contributed by atoms with van der Waals surface area (Å²) in [7, 11) is 0. The van der Waals surface area contributed by atoms with Gasteiger partial charge in [0.15, 0.2) is 0 Å². The van der Waals surface area contributed by atoms with E-state index in [0.29, 0.717) is 0 Å². The summed E-state index contributed by atoms with van der Waals surface area (Å²) in [5.41, 5.74) is 0. The van der Waals surface area contributed by atoms with E-state index in [1.54, 1.807) is 0 Å². The van der Waals surface area contributed by atoms with E-state index >= 15 is 0 Å². The molecule has 0 aromatic rings. The van der Waals surface area contributed by atoms with Gasteiger partial charge < -0.3 is 0 Å². The summed E-state index contributed by atoms with van der Waals surface area (Å²) < 4.78 is 0. The van der Waals surface area contributed by atoms with Crippen molar-refractivity contribution in [2.24, 2.45) is 5.92 Å². The van der Waals surface area contributed by atoms with Gasteiger partial charge in [-0.05, 0) is 38.0 Å². The highest BCUT2D eigenvalue weighted by molar-refractivity contribution is 4.88. The largest absolute Gasteiger partial charge is 0.235 e. The molecule has 12 heavy (non-hydrogen) atoms. The predicted molar refractivity (Wildman–Crippen MR) is 51.2 cm³/mol. The lowest BCUT2D eigenvalue weighted by Gasteiger charge is -2.18. The van der Waals surface area contributed by atoms with Gasteiger partial charge in [0.2, 0.25) is 0 Å². The fourth-order valence-electron chi connectivity index (χ4n) is 2.37. The third-order valence-electron chi connectivity index (χ3n) is 3.31. The average Bonchev–Trinajstić information content (AvgIpc) is 2.80. The molecule has 69 valence electrons. The molecule has 1 nitrogen and oxygen atoms in total. The molecule has 2 aliphatic rings. The van der Waals surface area contributed by atoms with Crippen molar-refractivity contribution in [2.45, 2.75) is 64.0 Å². The predicted octanol–water partition coefficient (Wildman–Crippen LogP) is 2.72. The van der Waals surface area contributed by atoms with Crippen LogP contribution in [0.4, 0.5) is 0 Å². The lowest BCUT2D eigenvalue weighted by molar-refractivity contribution is 0.377. The number of nitrogens with zero attached hydrogens (tertiary/aromatic N) is 1. The Morgan fingerprint density at radius 3 is 2.33 bits per heavy atom. The van der Waals surface area contributed by atoms with Gasteiger partial charge >= 0.3 is 0 Å². The maximum atomic E-state index is 4.96. The van der Waals surface area contributed by atoms with Crippen LogP contribution in [0.5, 0.6) is 0 Å². The van der Waals surface area contributed by atoms with E-state index in [4.69, 9.17) is 5.32 Å². The molecule has 0 saturated heterocycles. The van der Waals surface area contributed by atoms with Crippen molar-refractivity contribution in [2.75, 3.05) is 0 Å². The van der Waals surface area contributed by atoms with E-state index in [1.165, 1.54) is 44.9 Å². The zero-order valence-electron chi connectivity index (χ0n) is 8.13. The van der Waals surface area contributed by atoms with Crippen LogP contribution in [0.1, 0.15) is 51.9 Å². The minimum absolute atomic E-state index is 0.730. The van der Waals surface area contributed by atoms with Crippen LogP contribution in [0.15, 0.2) is 0 Å². The van der Waals surface area contributed by atoms with E-state index in [1.807, 2.05) is 0 Å². The molecule has 1 radical (unpaired) electrons. The number of hydrogen-bond acceptors (Lipinski definition) is 0. The first kappa shape index (κ1) is 8.55. The lowest BCUT2D eigenvalue weighted by Crippen LogP contribution is -2.30. The van der Waals surface area contributed by atoms with Crippen molar-refractivity contribution < 1.29 is 0 Å². The first-order valence-electron chi connectivity index (χ1n) is 5.60. The summed E-state index contributed by atoms with van der Waals surface area (Å²) in [6.45, 7) is 2.29. The van der Waals surface area contributed by atoms with Gasteiger partial charge in [-0.15, -0.1) is 0 Å². The van der Waals surface area contributed by atoms with E-state index < -0.39 is 0 Å². The molecule has 1 heteroatoms. The zero-order chi connectivity index (χ0) is 8.39. The van der Waals surface area contributed by atoms with Crippen LogP contribution < -0.4 is 5.32 Å². The summed E-state index contributed by atoms with van der Waals surface area (Å²) in [6, 6.07) is 1.48. The second kappa shape index (κ2) is 3.78. The molecule has 0 N–H and O–H groups in total. The van der Waals surface area contributed by atoms with Gasteiger partial charge in [-0.2, -0.15) is 0 Å². The first-order chi connectivity index (χ1) is 5.90. The van der Waals surface area contributed by atoms with E-state index in [-0.39, 0.29) is 0 Å². The highest BCUT2D eigenvalue weighted by Gasteiger charge is 2.32. The molecule has 0 aliphatic heterocycles. The second-order valence-corrected chi connectivity index (χ2v) is 4.40. The molecular formula is C11H20N. The Morgan fingerprint density at radius 2 is 1.83 bits per heavy atom. The van der Waals surface area contributed by atoms with E-state index in [2.05, 4.69) is 6.92 Å². The molecule has 1 atom stereocenters. The van der Waals surface area contributed by atoms with Crippen LogP contribution in [-0.2, 0) is 0 Å². The number of hydrogen-bond donors (Lipinski definition) is 0. The minimum Gasteiger partial charge on any atom is -0.235 e. The molecule has 2 fully saturated rings. The van der Waals surface area contributed by atoms with Crippen LogP contribution in [0.2, 0.25) is 0 Å². The van der Waals surface area contributed by atoms with Crippen molar-refractivity contribution in [1.29, 1.82) is 0 Å². The van der Waals surface area contributed by atoms with Crippen LogP contribution in [0.25, 0.3) is 0 Å². The third kappa shape index (κ3) is 2.01. The standard InChI is InChI=1S/C11H20N/c1-2-11(9-7-8-9)12-10-5-3-4-6-10/h9-11H,2-8H2,1H3. The maximum Gasteiger partial charge on any atom is 0.0274 e. The first-order valence-corrected chi connectivity index (χ1v) is 5.60. The van der Waals surface area contributed by atoms with Crippen molar-refractivity contribution in [1.82, 2.24) is 5.32 Å². The van der Waals surface area contributed by atoms with Gasteiger partial charge in [0.05, 0.1) is 0 Å². The smallest absolute Gasteiger partial charge is 0.0274 e. The molecule has 0 aromatic heterocycles. The van der Waals surface area contributed by atoms with Gasteiger partial charge in [0.25, 0.3) is 0 Å². The lowest BCUT2D eigenvalue weighted by atomic mass is 10.1. The zero-order valence-corrected chi connectivity index (χ0v) is 8.13. The highest BCUT2D eigenvalue weighted by atomic mass is 15.0. The Balaban J connectivity index is 1.74. The average molecular weight is 166 g/mol. The molecule has 0 amide bonds. The monoisotopic (exact) mass is 166 g/mol. The van der Waals surface area contributed by atoms with Crippen molar-refractivity contribution in [3.8, 4) is 0 Å². The molecule has 2 rings (SSSR count). The summed E-state index contributed by atoms with van der Waals surface area (Å²) in [6.07, 6.45) is 9.79. The van der Waals surface area contributed by atoms with Crippen molar-refractivity contribution >= 4 is 0 Å². The molecular weight excluding hydrogens is 146 g/mol. The minimum atomic E-state index is 0.730. The molecule has 2 aliphatic carbocycles. The Bertz CT molecular complexity index is 134. The third-order valence-corrected chi connectivity index (χ3v) is 3.31. The van der Waals surface area contributed by atoms with E-state index in [9.17, 15) is 0 Å². The SMILES string of the molecule is CCC([N]C1CCCC1)C1CC1. The van der Waals surface area contributed by atoms with Gasteiger partial charge in [-0.25, -0.2) is 5.32 Å². The van der Waals surface area contributed by atoms with Gasteiger partial charge in [-0.1, -0.05) is 19.8 Å². The van der Waals surface area contributed by atoms with Crippen LogP contribution >= 0.6 is 0 Å². The van der Waals surface area contributed by atoms with Gasteiger partial charge in [0.1, 0.15) is 0 Å². The molecule has 2 saturated carbocycles. The molecule has 0 bridgehead atoms. The Hall–Kier alpha value is -0.0400. The Labute approximate surface area is 75.9 Å². The molecule has 0 heterocycles. The normalized spacial score (nSPS) is 27.8. The number of rotatable bonds is 4. The summed E-state index contributed by atoms with van der Waals surface area (Å²) >= 11 is 0. The topological polar surface area (TPSA) is 14.1 Å². The molecule has 0 spiro atoms. The maximum absolute atomic E-state index is 4.96. The fourth-order valence-corrected chi connectivity index (χ4v) is 2.37. The molecule has 0 aromatic carbocycles. The van der Waals surface area contributed by atoms with Crippen LogP contribution in [0.3, 0.4) is 0 Å². The second-order valence-electron chi connectivity index (χ2n) is 4.40. The van der Waals surface area contributed by atoms with Gasteiger partial charge in [0, 0.05) is 12.1 Å². The molecule has 1 unspecified atom stereocenters. The van der Waals surface area contributed by atoms with Crippen molar-refractivity contribution in [3.05, 3.63) is 0 Å². The summed E-state index contributed by atoms with van der Waals surface area (Å²) in [4.78, 5) is 0. The van der Waals surface area contributed by atoms with E-state index in [0.717, 1.165) is 18.0 Å². The van der Waals surface area contributed by atoms with Crippen LogP contribution in [-0.4, -0.2) is 12.1 Å². The Morgan fingerprint density at radius 1 is 1.17 bits per heavy atom. The highest BCUT2D eigenvalue weighted by Crippen LogP contribution is 2.35. The van der Waals surface area contributed by atoms with Gasteiger partial charge in [-0.3, -0.25) is 0 Å². The van der Waals surface area contributed by atoms with Crippen molar-refractivity contribution in [3.63, 3.8) is 0 Å². The summed E-state index contributed by atoms with van der Waals surface area (Å²) in [5.74, 6) is 0.982. The summed E-state index contributed by atoms with van der Waals surface area (Å²) in [5, 5.41) is 4.96. The Kier molecular flexibility index (Phi) is 2.69.